The lowest BCUT2D eigenvalue weighted by molar-refractivity contribution is -0.255. The molecule has 0 aliphatic carbocycles. The Morgan fingerprint density at radius 3 is 2.41 bits per heavy atom. The van der Waals surface area contributed by atoms with E-state index in [1.807, 2.05) is 13.0 Å². The molecule has 6 nitrogen and oxygen atoms in total. The Hall–Kier alpha value is -2.80. The summed E-state index contributed by atoms with van der Waals surface area (Å²) in [6, 6.07) is 11.8. The number of fused-ring (bicyclic) bond motifs is 1. The Kier molecular flexibility index (Phi) is 4.97. The third-order valence-corrected chi connectivity index (χ3v) is 5.64. The molecule has 0 atom stereocenters. The molecule has 0 aliphatic heterocycles. The molecular weight excluding hydrogens is 364 g/mol. The van der Waals surface area contributed by atoms with Gasteiger partial charge in [0.05, 0.1) is 22.2 Å². The molecule has 0 saturated heterocycles. The van der Waals surface area contributed by atoms with Crippen molar-refractivity contribution in [3.8, 4) is 0 Å². The maximum absolute atomic E-state index is 12.8. The van der Waals surface area contributed by atoms with E-state index in [0.29, 0.717) is 16.8 Å². The smallest absolute Gasteiger partial charge is 0.261 e. The number of aromatic carboxylic acids is 1. The molecule has 3 rings (SSSR count). The number of carbonyl (C=O) groups is 1. The molecule has 0 fully saturated rings. The molecule has 0 radical (unpaired) electrons. The fraction of sp³-hybridized carbons (Fsp3) is 0.250. The monoisotopic (exact) mass is 385 g/mol. The zero-order valence-corrected chi connectivity index (χ0v) is 16.2. The molecule has 3 aromatic rings. The van der Waals surface area contributed by atoms with E-state index in [0.717, 1.165) is 17.5 Å². The van der Waals surface area contributed by atoms with Gasteiger partial charge in [-0.15, -0.1) is 0 Å². The van der Waals surface area contributed by atoms with Gasteiger partial charge in [0.15, 0.2) is 0 Å². The molecule has 2 aromatic carbocycles. The summed E-state index contributed by atoms with van der Waals surface area (Å²) >= 11 is 0. The van der Waals surface area contributed by atoms with Gasteiger partial charge >= 0.3 is 0 Å². The number of hydrogen-bond donors (Lipinski definition) is 2. The minimum atomic E-state index is -3.95. The number of H-pyrrole nitrogens is 1. The lowest BCUT2D eigenvalue weighted by atomic mass is 10.0. The number of carboxylic acids is 1. The van der Waals surface area contributed by atoms with E-state index in [2.05, 4.69) is 23.6 Å². The number of aromatic nitrogens is 1. The van der Waals surface area contributed by atoms with Crippen molar-refractivity contribution >= 4 is 32.6 Å². The van der Waals surface area contributed by atoms with Crippen LogP contribution < -0.4 is 9.83 Å². The SMILES string of the molecule is Cc1ccc2[nH]c(C(=O)[O-])c(NS(=O)(=O)c3ccc(CC(C)C)cc3)c2c1. The molecule has 1 aromatic heterocycles. The van der Waals surface area contributed by atoms with Crippen LogP contribution in [0.1, 0.15) is 35.5 Å². The molecule has 0 bridgehead atoms. The molecule has 0 amide bonds. The molecule has 27 heavy (non-hydrogen) atoms. The Labute approximate surface area is 158 Å². The van der Waals surface area contributed by atoms with E-state index in [-0.39, 0.29) is 16.3 Å². The van der Waals surface area contributed by atoms with Crippen LogP contribution in [0.2, 0.25) is 0 Å². The van der Waals surface area contributed by atoms with Crippen molar-refractivity contribution in [3.63, 3.8) is 0 Å². The van der Waals surface area contributed by atoms with Crippen molar-refractivity contribution in [2.75, 3.05) is 4.72 Å². The van der Waals surface area contributed by atoms with Crippen LogP contribution in [0.4, 0.5) is 5.69 Å². The van der Waals surface area contributed by atoms with E-state index in [1.165, 1.54) is 12.1 Å². The summed E-state index contributed by atoms with van der Waals surface area (Å²) in [5, 5.41) is 11.9. The number of nitrogens with one attached hydrogen (secondary N) is 2. The number of aromatic amines is 1. The number of sulfonamides is 1. The summed E-state index contributed by atoms with van der Waals surface area (Å²) < 4.78 is 28.0. The maximum Gasteiger partial charge on any atom is 0.261 e. The molecule has 0 unspecified atom stereocenters. The lowest BCUT2D eigenvalue weighted by Crippen LogP contribution is -2.25. The first-order valence-electron chi connectivity index (χ1n) is 8.63. The van der Waals surface area contributed by atoms with Crippen molar-refractivity contribution in [3.05, 3.63) is 59.3 Å². The highest BCUT2D eigenvalue weighted by Gasteiger charge is 2.20. The topological polar surface area (TPSA) is 102 Å². The minimum Gasteiger partial charge on any atom is -0.543 e. The molecule has 0 spiro atoms. The first-order chi connectivity index (χ1) is 12.7. The predicted molar refractivity (Wildman–Crippen MR) is 103 cm³/mol. The van der Waals surface area contributed by atoms with Gasteiger partial charge in [0, 0.05) is 10.9 Å². The summed E-state index contributed by atoms with van der Waals surface area (Å²) in [5.74, 6) is -1.01. The van der Waals surface area contributed by atoms with Crippen LogP contribution >= 0.6 is 0 Å². The van der Waals surface area contributed by atoms with Gasteiger partial charge in [0.2, 0.25) is 0 Å². The Balaban J connectivity index is 2.01. The largest absolute Gasteiger partial charge is 0.543 e. The molecule has 0 saturated carbocycles. The fourth-order valence-corrected chi connectivity index (χ4v) is 4.13. The second-order valence-electron chi connectivity index (χ2n) is 7.06. The molecular formula is C20H21N2O4S-. The molecule has 1 heterocycles. The first kappa shape index (κ1) is 19.0. The maximum atomic E-state index is 12.8. The van der Waals surface area contributed by atoms with Crippen molar-refractivity contribution in [2.45, 2.75) is 32.1 Å². The number of rotatable bonds is 6. The van der Waals surface area contributed by atoms with Gasteiger partial charge in [0.25, 0.3) is 10.0 Å². The molecule has 2 N–H and O–H groups in total. The second kappa shape index (κ2) is 7.08. The third kappa shape index (κ3) is 3.98. The Morgan fingerprint density at radius 1 is 1.15 bits per heavy atom. The van der Waals surface area contributed by atoms with Crippen molar-refractivity contribution in [2.24, 2.45) is 5.92 Å². The Morgan fingerprint density at radius 2 is 1.81 bits per heavy atom. The zero-order chi connectivity index (χ0) is 19.8. The Bertz CT molecular complexity index is 1100. The highest BCUT2D eigenvalue weighted by Crippen LogP contribution is 2.30. The van der Waals surface area contributed by atoms with E-state index < -0.39 is 16.0 Å². The number of anilines is 1. The van der Waals surface area contributed by atoms with Crippen LogP contribution in [0.25, 0.3) is 10.9 Å². The average molecular weight is 385 g/mol. The van der Waals surface area contributed by atoms with Gasteiger partial charge in [-0.2, -0.15) is 0 Å². The highest BCUT2D eigenvalue weighted by atomic mass is 32.2. The van der Waals surface area contributed by atoms with Gasteiger partial charge in [-0.05, 0) is 49.1 Å². The quantitative estimate of drug-likeness (QED) is 0.681. The molecule has 0 aliphatic rings. The van der Waals surface area contributed by atoms with Crippen LogP contribution in [0, 0.1) is 12.8 Å². The van der Waals surface area contributed by atoms with E-state index in [4.69, 9.17) is 0 Å². The molecule has 142 valence electrons. The van der Waals surface area contributed by atoms with Gasteiger partial charge in [-0.25, -0.2) is 8.42 Å². The number of carbonyl (C=O) groups excluding carboxylic acids is 1. The van der Waals surface area contributed by atoms with Crippen LogP contribution in [-0.4, -0.2) is 19.4 Å². The number of carboxylic acid groups (broad SMARTS) is 1. The first-order valence-corrected chi connectivity index (χ1v) is 10.1. The number of aryl methyl sites for hydroxylation is 1. The minimum absolute atomic E-state index is 0.0139. The van der Waals surface area contributed by atoms with Gasteiger partial charge < -0.3 is 14.9 Å². The van der Waals surface area contributed by atoms with E-state index in [9.17, 15) is 18.3 Å². The van der Waals surface area contributed by atoms with E-state index in [1.54, 1.807) is 24.3 Å². The van der Waals surface area contributed by atoms with Crippen LogP contribution in [0.3, 0.4) is 0 Å². The fourth-order valence-electron chi connectivity index (χ4n) is 3.03. The van der Waals surface area contributed by atoms with Crippen LogP contribution in [0.5, 0.6) is 0 Å². The standard InChI is InChI=1S/C20H22N2O4S/c1-12(2)10-14-5-7-15(8-6-14)27(25,26)22-18-16-11-13(3)4-9-17(16)21-19(18)20(23)24/h4-9,11-12,21-22H,10H2,1-3H3,(H,23,24)/p-1. The van der Waals surface area contributed by atoms with Crippen molar-refractivity contribution in [1.82, 2.24) is 4.98 Å². The predicted octanol–water partition coefficient (Wildman–Crippen LogP) is 2.84. The molecule has 7 heteroatoms. The van der Waals surface area contributed by atoms with Crippen molar-refractivity contribution < 1.29 is 18.3 Å². The summed E-state index contributed by atoms with van der Waals surface area (Å²) in [6.45, 7) is 6.02. The van der Waals surface area contributed by atoms with Crippen LogP contribution in [-0.2, 0) is 16.4 Å². The van der Waals surface area contributed by atoms with Crippen molar-refractivity contribution in [1.29, 1.82) is 0 Å². The summed E-state index contributed by atoms with van der Waals surface area (Å²) in [4.78, 5) is 14.2. The average Bonchev–Trinajstić information content (AvgIpc) is 2.92. The lowest BCUT2D eigenvalue weighted by Gasteiger charge is -2.11. The number of hydrogen-bond acceptors (Lipinski definition) is 4. The van der Waals surface area contributed by atoms with Crippen LogP contribution in [0.15, 0.2) is 47.4 Å². The zero-order valence-electron chi connectivity index (χ0n) is 15.4. The summed E-state index contributed by atoms with van der Waals surface area (Å²) in [5.41, 5.74) is 2.13. The third-order valence-electron chi connectivity index (χ3n) is 4.27. The normalized spacial score (nSPS) is 11.9. The van der Waals surface area contributed by atoms with Gasteiger partial charge in [-0.3, -0.25) is 4.72 Å². The van der Waals surface area contributed by atoms with Gasteiger partial charge in [-0.1, -0.05) is 37.6 Å². The summed E-state index contributed by atoms with van der Waals surface area (Å²) in [6.07, 6.45) is 0.852. The van der Waals surface area contributed by atoms with E-state index >= 15 is 0 Å². The number of benzene rings is 2. The van der Waals surface area contributed by atoms with Gasteiger partial charge in [0.1, 0.15) is 0 Å². The highest BCUT2D eigenvalue weighted by molar-refractivity contribution is 7.92. The second-order valence-corrected chi connectivity index (χ2v) is 8.74. The summed E-state index contributed by atoms with van der Waals surface area (Å²) in [7, 11) is -3.95.